The zero-order valence-electron chi connectivity index (χ0n) is 9.32. The van der Waals surface area contributed by atoms with E-state index in [9.17, 15) is 4.79 Å². The third-order valence-electron chi connectivity index (χ3n) is 2.46. The molecule has 0 bridgehead atoms. The van der Waals surface area contributed by atoms with Gasteiger partial charge in [-0.1, -0.05) is 12.1 Å². The van der Waals surface area contributed by atoms with Gasteiger partial charge >= 0.3 is 0 Å². The summed E-state index contributed by atoms with van der Waals surface area (Å²) in [4.78, 5) is 11.2. The number of para-hydroxylation sites is 2. The third-order valence-corrected chi connectivity index (χ3v) is 2.71. The van der Waals surface area contributed by atoms with Gasteiger partial charge < -0.3 is 14.8 Å². The van der Waals surface area contributed by atoms with Crippen LogP contribution in [0.5, 0.6) is 5.75 Å². The molecule has 0 radical (unpaired) electrons. The summed E-state index contributed by atoms with van der Waals surface area (Å²) in [7, 11) is 0. The van der Waals surface area contributed by atoms with Crippen molar-refractivity contribution in [3.63, 3.8) is 0 Å². The average Bonchev–Trinajstić information content (AvgIpc) is 2.84. The fourth-order valence-corrected chi connectivity index (χ4v) is 1.71. The highest BCUT2D eigenvalue weighted by Gasteiger charge is 2.18. The van der Waals surface area contributed by atoms with Gasteiger partial charge in [-0.25, -0.2) is 0 Å². The van der Waals surface area contributed by atoms with E-state index in [1.54, 1.807) is 6.07 Å². The van der Waals surface area contributed by atoms with E-state index in [1.807, 2.05) is 18.2 Å². The fourth-order valence-electron chi connectivity index (χ4n) is 1.64. The maximum Gasteiger partial charge on any atom is 0.239 e. The van der Waals surface area contributed by atoms with Crippen LogP contribution in [0.4, 0.5) is 5.69 Å². The second kappa shape index (κ2) is 5.89. The van der Waals surface area contributed by atoms with E-state index >= 15 is 0 Å². The lowest BCUT2D eigenvalue weighted by Crippen LogP contribution is -2.18. The summed E-state index contributed by atoms with van der Waals surface area (Å²) < 4.78 is 11.0. The van der Waals surface area contributed by atoms with Crippen LogP contribution in [-0.2, 0) is 9.53 Å². The van der Waals surface area contributed by atoms with Crippen LogP contribution >= 0.6 is 11.6 Å². The molecule has 1 unspecified atom stereocenters. The number of anilines is 1. The van der Waals surface area contributed by atoms with E-state index in [2.05, 4.69) is 5.32 Å². The van der Waals surface area contributed by atoms with Crippen molar-refractivity contribution in [1.82, 2.24) is 0 Å². The molecule has 1 amide bonds. The lowest BCUT2D eigenvalue weighted by Gasteiger charge is -2.15. The van der Waals surface area contributed by atoms with E-state index in [-0.39, 0.29) is 17.9 Å². The van der Waals surface area contributed by atoms with Crippen molar-refractivity contribution >= 4 is 23.2 Å². The van der Waals surface area contributed by atoms with Crippen LogP contribution in [0.1, 0.15) is 6.42 Å². The number of carbonyl (C=O) groups excluding carboxylic acids is 1. The molecule has 17 heavy (non-hydrogen) atoms. The number of hydrogen-bond donors (Lipinski definition) is 1. The van der Waals surface area contributed by atoms with E-state index in [0.717, 1.165) is 13.0 Å². The van der Waals surface area contributed by atoms with Crippen molar-refractivity contribution in [3.05, 3.63) is 24.3 Å². The average molecular weight is 256 g/mol. The quantitative estimate of drug-likeness (QED) is 0.838. The molecule has 1 N–H and O–H groups in total. The van der Waals surface area contributed by atoms with Gasteiger partial charge in [0.1, 0.15) is 17.7 Å². The van der Waals surface area contributed by atoms with Crippen molar-refractivity contribution in [2.75, 3.05) is 24.4 Å². The Morgan fingerprint density at radius 3 is 3.06 bits per heavy atom. The normalized spacial score (nSPS) is 19.0. The van der Waals surface area contributed by atoms with Gasteiger partial charge in [0, 0.05) is 6.42 Å². The number of benzene rings is 1. The van der Waals surface area contributed by atoms with Gasteiger partial charge in [0.25, 0.3) is 0 Å². The second-order valence-electron chi connectivity index (χ2n) is 3.78. The van der Waals surface area contributed by atoms with Gasteiger partial charge in [0.15, 0.2) is 0 Å². The summed E-state index contributed by atoms with van der Waals surface area (Å²) in [5.41, 5.74) is 0.644. The summed E-state index contributed by atoms with van der Waals surface area (Å²) in [5, 5.41) is 2.70. The van der Waals surface area contributed by atoms with Crippen LogP contribution in [0.2, 0.25) is 0 Å². The molecule has 0 aliphatic carbocycles. The van der Waals surface area contributed by atoms with Crippen LogP contribution in [-0.4, -0.2) is 31.1 Å². The number of nitrogens with one attached hydrogen (secondary N) is 1. The SMILES string of the molecule is O=C(CCl)Nc1ccccc1OC1CCOC1. The van der Waals surface area contributed by atoms with E-state index in [1.165, 1.54) is 0 Å². The van der Waals surface area contributed by atoms with Crippen molar-refractivity contribution in [3.8, 4) is 5.75 Å². The highest BCUT2D eigenvalue weighted by Crippen LogP contribution is 2.26. The maximum absolute atomic E-state index is 11.2. The Labute approximate surface area is 105 Å². The van der Waals surface area contributed by atoms with Crippen LogP contribution in [0, 0.1) is 0 Å². The van der Waals surface area contributed by atoms with Crippen LogP contribution in [0.15, 0.2) is 24.3 Å². The number of rotatable bonds is 4. The summed E-state index contributed by atoms with van der Waals surface area (Å²) in [6.45, 7) is 1.32. The van der Waals surface area contributed by atoms with Crippen molar-refractivity contribution in [2.24, 2.45) is 0 Å². The molecule has 0 saturated carbocycles. The molecule has 1 aromatic rings. The van der Waals surface area contributed by atoms with Crippen LogP contribution in [0.3, 0.4) is 0 Å². The summed E-state index contributed by atoms with van der Waals surface area (Å²) >= 11 is 5.45. The first-order valence-electron chi connectivity index (χ1n) is 5.49. The summed E-state index contributed by atoms with van der Waals surface area (Å²) in [5.74, 6) is 0.341. The Hall–Kier alpha value is -1.26. The monoisotopic (exact) mass is 255 g/mol. The van der Waals surface area contributed by atoms with E-state index in [0.29, 0.717) is 18.0 Å². The van der Waals surface area contributed by atoms with Gasteiger partial charge in [0.05, 0.1) is 18.9 Å². The molecule has 2 rings (SSSR count). The van der Waals surface area contributed by atoms with E-state index < -0.39 is 0 Å². The van der Waals surface area contributed by atoms with E-state index in [4.69, 9.17) is 21.1 Å². The highest BCUT2D eigenvalue weighted by molar-refractivity contribution is 6.29. The van der Waals surface area contributed by atoms with Gasteiger partial charge in [-0.3, -0.25) is 4.79 Å². The number of carbonyl (C=O) groups is 1. The minimum Gasteiger partial charge on any atom is -0.486 e. The highest BCUT2D eigenvalue weighted by atomic mass is 35.5. The number of alkyl halides is 1. The Bertz CT molecular complexity index is 391. The predicted octanol–water partition coefficient (Wildman–Crippen LogP) is 2.03. The van der Waals surface area contributed by atoms with Crippen LogP contribution in [0.25, 0.3) is 0 Å². The number of ether oxygens (including phenoxy) is 2. The molecule has 0 aromatic heterocycles. The molecule has 0 spiro atoms. The smallest absolute Gasteiger partial charge is 0.239 e. The molecule has 1 heterocycles. The molecule has 1 aliphatic rings. The molecular weight excluding hydrogens is 242 g/mol. The number of halogens is 1. The molecular formula is C12H14ClNO3. The molecule has 1 saturated heterocycles. The van der Waals surface area contributed by atoms with Crippen LogP contribution < -0.4 is 10.1 Å². The van der Waals surface area contributed by atoms with Gasteiger partial charge in [0.2, 0.25) is 5.91 Å². The molecule has 1 aliphatic heterocycles. The molecule has 5 heteroatoms. The Morgan fingerprint density at radius 2 is 2.35 bits per heavy atom. The summed E-state index contributed by atoms with van der Waals surface area (Å²) in [6.07, 6.45) is 0.932. The van der Waals surface area contributed by atoms with Crippen molar-refractivity contribution in [1.29, 1.82) is 0 Å². The molecule has 4 nitrogen and oxygen atoms in total. The Kier molecular flexibility index (Phi) is 4.23. The van der Waals surface area contributed by atoms with Gasteiger partial charge in [-0.05, 0) is 12.1 Å². The first kappa shape index (κ1) is 12.2. The van der Waals surface area contributed by atoms with Crippen molar-refractivity contribution < 1.29 is 14.3 Å². The number of amides is 1. The molecule has 92 valence electrons. The zero-order valence-corrected chi connectivity index (χ0v) is 10.1. The zero-order chi connectivity index (χ0) is 12.1. The lowest BCUT2D eigenvalue weighted by molar-refractivity contribution is -0.113. The maximum atomic E-state index is 11.2. The van der Waals surface area contributed by atoms with Crippen molar-refractivity contribution in [2.45, 2.75) is 12.5 Å². The molecule has 1 atom stereocenters. The van der Waals surface area contributed by atoms with Gasteiger partial charge in [-0.15, -0.1) is 11.6 Å². The minimum atomic E-state index is -0.245. The third kappa shape index (κ3) is 3.35. The van der Waals surface area contributed by atoms with Gasteiger partial charge in [-0.2, -0.15) is 0 Å². The molecule has 1 fully saturated rings. The number of hydrogen-bond acceptors (Lipinski definition) is 3. The fraction of sp³-hybridized carbons (Fsp3) is 0.417. The topological polar surface area (TPSA) is 47.6 Å². The standard InChI is InChI=1S/C12H14ClNO3/c13-7-12(15)14-10-3-1-2-4-11(10)17-9-5-6-16-8-9/h1-4,9H,5-8H2,(H,14,15). The second-order valence-corrected chi connectivity index (χ2v) is 4.05. The Morgan fingerprint density at radius 1 is 1.53 bits per heavy atom. The minimum absolute atomic E-state index is 0.0593. The predicted molar refractivity (Wildman–Crippen MR) is 65.6 cm³/mol. The first-order chi connectivity index (χ1) is 8.29. The largest absolute Gasteiger partial charge is 0.486 e. The Balaban J connectivity index is 2.06. The molecule has 1 aromatic carbocycles. The summed E-state index contributed by atoms with van der Waals surface area (Å²) in [6, 6.07) is 7.31. The lowest BCUT2D eigenvalue weighted by atomic mass is 10.2. The first-order valence-corrected chi connectivity index (χ1v) is 6.02.